The Balaban J connectivity index is 1.54. The molecule has 1 unspecified atom stereocenters. The largest absolute Gasteiger partial charge is 0.462 e. The Hall–Kier alpha value is -3.36. The molecule has 0 bridgehead atoms. The molecule has 0 aliphatic rings. The molecule has 0 aliphatic heterocycles. The quantitative estimate of drug-likeness (QED) is 0.214. The molecular weight excluding hydrogens is 454 g/mol. The van der Waals surface area contributed by atoms with Crippen molar-refractivity contribution in [3.8, 4) is 0 Å². The summed E-state index contributed by atoms with van der Waals surface area (Å²) in [7, 11) is 0. The molecule has 0 aromatic heterocycles. The van der Waals surface area contributed by atoms with Gasteiger partial charge in [0, 0.05) is 22.0 Å². The predicted octanol–water partition coefficient (Wildman–Crippen LogP) is 5.79. The van der Waals surface area contributed by atoms with Crippen LogP contribution in [0.4, 0.5) is 17.1 Å². The number of carbonyl (C=O) groups is 2. The Labute approximate surface area is 203 Å². The van der Waals surface area contributed by atoms with Gasteiger partial charge in [-0.3, -0.25) is 4.79 Å². The standard InChI is InChI=1S/C25H25N3O3S2/c1-3-31-24(30)18-12-14-20(15-13-18)26-23(29)17(2)33-22-11-7-10-21(16-22)28-25(32)27-19-8-5-4-6-9-19/h4-17H,3H2,1-2H3,(H,26,29)(H2,27,28,32). The van der Waals surface area contributed by atoms with Crippen molar-refractivity contribution in [2.45, 2.75) is 24.0 Å². The van der Waals surface area contributed by atoms with Gasteiger partial charge in [-0.1, -0.05) is 24.3 Å². The van der Waals surface area contributed by atoms with Gasteiger partial charge in [0.15, 0.2) is 5.11 Å². The summed E-state index contributed by atoms with van der Waals surface area (Å²) in [4.78, 5) is 25.3. The second-order valence-electron chi connectivity index (χ2n) is 7.02. The number of hydrogen-bond acceptors (Lipinski definition) is 5. The van der Waals surface area contributed by atoms with Crippen molar-refractivity contribution in [1.29, 1.82) is 0 Å². The lowest BCUT2D eigenvalue weighted by Gasteiger charge is -2.14. The van der Waals surface area contributed by atoms with Crippen LogP contribution < -0.4 is 16.0 Å². The molecule has 3 N–H and O–H groups in total. The molecule has 3 aromatic rings. The molecule has 0 spiro atoms. The molecule has 1 amide bonds. The lowest BCUT2D eigenvalue weighted by molar-refractivity contribution is -0.115. The topological polar surface area (TPSA) is 79.5 Å². The maximum atomic E-state index is 12.6. The SMILES string of the molecule is CCOC(=O)c1ccc(NC(=O)C(C)Sc2cccc(NC(=S)Nc3ccccc3)c2)cc1. The van der Waals surface area contributed by atoms with Crippen LogP contribution >= 0.6 is 24.0 Å². The van der Waals surface area contributed by atoms with Crippen LogP contribution in [0.2, 0.25) is 0 Å². The van der Waals surface area contributed by atoms with Crippen molar-refractivity contribution in [3.05, 3.63) is 84.4 Å². The minimum atomic E-state index is -0.383. The molecule has 0 aliphatic carbocycles. The summed E-state index contributed by atoms with van der Waals surface area (Å²) in [5, 5.41) is 9.33. The molecule has 1 atom stereocenters. The van der Waals surface area contributed by atoms with Crippen LogP contribution in [0.25, 0.3) is 0 Å². The van der Waals surface area contributed by atoms with E-state index in [2.05, 4.69) is 16.0 Å². The first kappa shape index (κ1) is 24.3. The molecular formula is C25H25N3O3S2. The smallest absolute Gasteiger partial charge is 0.338 e. The van der Waals surface area contributed by atoms with E-state index < -0.39 is 0 Å². The van der Waals surface area contributed by atoms with E-state index in [4.69, 9.17) is 17.0 Å². The Morgan fingerprint density at radius 3 is 2.21 bits per heavy atom. The number of rotatable bonds is 8. The lowest BCUT2D eigenvalue weighted by atomic mass is 10.2. The number of thiocarbonyl (C=S) groups is 1. The Morgan fingerprint density at radius 2 is 1.52 bits per heavy atom. The zero-order chi connectivity index (χ0) is 23.6. The van der Waals surface area contributed by atoms with Crippen LogP contribution in [-0.2, 0) is 9.53 Å². The Bertz CT molecular complexity index is 1110. The first-order chi connectivity index (χ1) is 15.9. The molecule has 8 heteroatoms. The number of benzene rings is 3. The third-order valence-corrected chi connectivity index (χ3v) is 5.77. The second kappa shape index (κ2) is 12.0. The van der Waals surface area contributed by atoms with Gasteiger partial charge in [0.25, 0.3) is 0 Å². The summed E-state index contributed by atoms with van der Waals surface area (Å²) < 4.78 is 4.97. The molecule has 6 nitrogen and oxygen atoms in total. The third-order valence-electron chi connectivity index (χ3n) is 4.47. The summed E-state index contributed by atoms with van der Waals surface area (Å²) in [5.41, 5.74) is 2.80. The molecule has 0 fully saturated rings. The van der Waals surface area contributed by atoms with Gasteiger partial charge < -0.3 is 20.7 Å². The summed E-state index contributed by atoms with van der Waals surface area (Å²) in [6, 6.07) is 24.0. The Morgan fingerprint density at radius 1 is 0.879 bits per heavy atom. The predicted molar refractivity (Wildman–Crippen MR) is 139 cm³/mol. The van der Waals surface area contributed by atoms with E-state index in [9.17, 15) is 9.59 Å². The average molecular weight is 480 g/mol. The van der Waals surface area contributed by atoms with Crippen molar-refractivity contribution in [3.63, 3.8) is 0 Å². The second-order valence-corrected chi connectivity index (χ2v) is 8.84. The van der Waals surface area contributed by atoms with E-state index >= 15 is 0 Å². The molecule has 3 rings (SSSR count). The maximum Gasteiger partial charge on any atom is 0.338 e. The zero-order valence-electron chi connectivity index (χ0n) is 18.3. The van der Waals surface area contributed by atoms with Crippen LogP contribution in [0, 0.1) is 0 Å². The van der Waals surface area contributed by atoms with Gasteiger partial charge in [-0.2, -0.15) is 0 Å². The fourth-order valence-corrected chi connectivity index (χ4v) is 4.03. The van der Waals surface area contributed by atoms with Crippen molar-refractivity contribution >= 4 is 58.0 Å². The van der Waals surface area contributed by atoms with Gasteiger partial charge in [0.05, 0.1) is 17.4 Å². The number of esters is 1. The number of hydrogen-bond donors (Lipinski definition) is 3. The van der Waals surface area contributed by atoms with Crippen LogP contribution in [0.1, 0.15) is 24.2 Å². The third kappa shape index (κ3) is 7.62. The van der Waals surface area contributed by atoms with E-state index in [1.807, 2.05) is 61.5 Å². The molecule has 170 valence electrons. The first-order valence-electron chi connectivity index (χ1n) is 10.4. The lowest BCUT2D eigenvalue weighted by Crippen LogP contribution is -2.22. The number of amides is 1. The van der Waals surface area contributed by atoms with Crippen LogP contribution in [0.3, 0.4) is 0 Å². The monoisotopic (exact) mass is 479 g/mol. The highest BCUT2D eigenvalue weighted by Gasteiger charge is 2.15. The summed E-state index contributed by atoms with van der Waals surface area (Å²) in [6.07, 6.45) is 0. The van der Waals surface area contributed by atoms with Gasteiger partial charge in [0.1, 0.15) is 0 Å². The maximum absolute atomic E-state index is 12.6. The van der Waals surface area contributed by atoms with Crippen LogP contribution in [0.5, 0.6) is 0 Å². The number of carbonyl (C=O) groups excluding carboxylic acids is 2. The van der Waals surface area contributed by atoms with E-state index in [-0.39, 0.29) is 17.1 Å². The molecule has 0 saturated heterocycles. The number of ether oxygens (including phenoxy) is 1. The van der Waals surface area contributed by atoms with E-state index in [0.29, 0.717) is 23.0 Å². The van der Waals surface area contributed by atoms with Gasteiger partial charge >= 0.3 is 5.97 Å². The van der Waals surface area contributed by atoms with Crippen molar-refractivity contribution in [2.24, 2.45) is 0 Å². The van der Waals surface area contributed by atoms with Gasteiger partial charge in [-0.15, -0.1) is 11.8 Å². The summed E-state index contributed by atoms with van der Waals surface area (Å²) in [6.45, 7) is 3.92. The van der Waals surface area contributed by atoms with E-state index in [1.54, 1.807) is 31.2 Å². The number of thioether (sulfide) groups is 1. The fraction of sp³-hybridized carbons (Fsp3) is 0.160. The highest BCUT2D eigenvalue weighted by atomic mass is 32.2. The van der Waals surface area contributed by atoms with Gasteiger partial charge in [0.2, 0.25) is 5.91 Å². The normalized spacial score (nSPS) is 11.2. The molecule has 3 aromatic carbocycles. The highest BCUT2D eigenvalue weighted by Crippen LogP contribution is 2.27. The van der Waals surface area contributed by atoms with Crippen molar-refractivity contribution in [2.75, 3.05) is 22.6 Å². The number of nitrogens with one attached hydrogen (secondary N) is 3. The van der Waals surface area contributed by atoms with Crippen molar-refractivity contribution in [1.82, 2.24) is 0 Å². The fourth-order valence-electron chi connectivity index (χ4n) is 2.87. The minimum absolute atomic E-state index is 0.136. The average Bonchev–Trinajstić information content (AvgIpc) is 2.80. The minimum Gasteiger partial charge on any atom is -0.462 e. The molecule has 0 heterocycles. The number of anilines is 3. The number of para-hydroxylation sites is 1. The summed E-state index contributed by atoms with van der Waals surface area (Å²) >= 11 is 6.82. The van der Waals surface area contributed by atoms with Crippen LogP contribution in [-0.4, -0.2) is 28.8 Å². The van der Waals surface area contributed by atoms with E-state index in [1.165, 1.54) is 11.8 Å². The van der Waals surface area contributed by atoms with E-state index in [0.717, 1.165) is 16.3 Å². The highest BCUT2D eigenvalue weighted by molar-refractivity contribution is 8.00. The van der Waals surface area contributed by atoms with Crippen LogP contribution in [0.15, 0.2) is 83.8 Å². The summed E-state index contributed by atoms with van der Waals surface area (Å²) in [5.74, 6) is -0.519. The van der Waals surface area contributed by atoms with Gasteiger partial charge in [-0.25, -0.2) is 4.79 Å². The Kier molecular flexibility index (Phi) is 8.86. The van der Waals surface area contributed by atoms with Crippen molar-refractivity contribution < 1.29 is 14.3 Å². The van der Waals surface area contributed by atoms with Gasteiger partial charge in [-0.05, 0) is 80.7 Å². The zero-order valence-corrected chi connectivity index (χ0v) is 20.0. The molecule has 33 heavy (non-hydrogen) atoms. The molecule has 0 radical (unpaired) electrons. The first-order valence-corrected chi connectivity index (χ1v) is 11.7. The molecule has 0 saturated carbocycles.